The molecule has 27 heavy (non-hydrogen) atoms. The smallest absolute Gasteiger partial charge is 0.354 e. The number of hydrogen-bond donors (Lipinski definition) is 2. The van der Waals surface area contributed by atoms with Crippen LogP contribution in [-0.4, -0.2) is 28.3 Å². The quantitative estimate of drug-likeness (QED) is 0.654. The first-order chi connectivity index (χ1) is 13.0. The van der Waals surface area contributed by atoms with E-state index in [9.17, 15) is 9.90 Å². The summed E-state index contributed by atoms with van der Waals surface area (Å²) in [5, 5.41) is 19.5. The van der Waals surface area contributed by atoms with Crippen LogP contribution in [0.1, 0.15) is 16.1 Å². The maximum absolute atomic E-state index is 11.1. The summed E-state index contributed by atoms with van der Waals surface area (Å²) in [5.74, 6) is -0.171. The topological polar surface area (TPSA) is 88.9 Å². The third kappa shape index (κ3) is 4.30. The van der Waals surface area contributed by atoms with Gasteiger partial charge < -0.3 is 19.7 Å². The fourth-order valence-corrected chi connectivity index (χ4v) is 2.60. The lowest BCUT2D eigenvalue weighted by atomic mass is 10.1. The Morgan fingerprint density at radius 2 is 1.85 bits per heavy atom. The fourth-order valence-electron chi connectivity index (χ4n) is 2.43. The Bertz CT molecular complexity index is 973. The molecule has 0 radical (unpaired) electrons. The summed E-state index contributed by atoms with van der Waals surface area (Å²) in [6.45, 7) is 0.280. The van der Waals surface area contributed by atoms with Gasteiger partial charge in [-0.05, 0) is 42.0 Å². The van der Waals surface area contributed by atoms with E-state index in [0.29, 0.717) is 16.3 Å². The van der Waals surface area contributed by atoms with Crippen LogP contribution in [0.3, 0.4) is 0 Å². The van der Waals surface area contributed by atoms with Crippen molar-refractivity contribution in [3.63, 3.8) is 0 Å². The molecule has 2 aromatic carbocycles. The van der Waals surface area contributed by atoms with Crippen LogP contribution in [0.25, 0.3) is 11.3 Å². The Kier molecular flexibility index (Phi) is 5.47. The van der Waals surface area contributed by atoms with Gasteiger partial charge in [0, 0.05) is 5.56 Å². The predicted octanol–water partition coefficient (Wildman–Crippen LogP) is 4.39. The number of ether oxygens (including phenoxy) is 2. The first-order valence-electron chi connectivity index (χ1n) is 7.97. The van der Waals surface area contributed by atoms with Crippen molar-refractivity contribution < 1.29 is 24.5 Å². The average molecular weight is 386 g/mol. The molecule has 138 valence electrons. The van der Waals surface area contributed by atoms with Crippen LogP contribution in [0.2, 0.25) is 5.02 Å². The summed E-state index contributed by atoms with van der Waals surface area (Å²) in [5.41, 5.74) is 1.38. The van der Waals surface area contributed by atoms with Crippen molar-refractivity contribution in [3.05, 3.63) is 70.9 Å². The highest BCUT2D eigenvalue weighted by molar-refractivity contribution is 6.32. The van der Waals surface area contributed by atoms with E-state index in [1.165, 1.54) is 12.1 Å². The van der Waals surface area contributed by atoms with E-state index in [-0.39, 0.29) is 23.7 Å². The van der Waals surface area contributed by atoms with Gasteiger partial charge in [-0.15, -0.1) is 0 Å². The highest BCUT2D eigenvalue weighted by Gasteiger charge is 2.14. The van der Waals surface area contributed by atoms with Crippen molar-refractivity contribution in [2.24, 2.45) is 0 Å². The molecule has 0 aliphatic carbocycles. The number of methoxy groups -OCH3 is 1. The maximum Gasteiger partial charge on any atom is 0.354 e. The highest BCUT2D eigenvalue weighted by Crippen LogP contribution is 2.34. The minimum atomic E-state index is -1.18. The Morgan fingerprint density at radius 3 is 2.52 bits per heavy atom. The number of benzene rings is 2. The summed E-state index contributed by atoms with van der Waals surface area (Å²) in [7, 11) is 1.60. The van der Waals surface area contributed by atoms with Crippen LogP contribution >= 0.6 is 11.6 Å². The van der Waals surface area contributed by atoms with E-state index >= 15 is 0 Å². The molecule has 0 bridgehead atoms. The zero-order chi connectivity index (χ0) is 19.4. The predicted molar refractivity (Wildman–Crippen MR) is 101 cm³/mol. The number of nitrogens with zero attached hydrogens (tertiary/aromatic N) is 1. The summed E-state index contributed by atoms with van der Waals surface area (Å²) in [6.07, 6.45) is 0. The molecule has 0 fully saturated rings. The molecule has 0 spiro atoms. The zero-order valence-corrected chi connectivity index (χ0v) is 15.1. The summed E-state index contributed by atoms with van der Waals surface area (Å²) >= 11 is 6.20. The van der Waals surface area contributed by atoms with Gasteiger partial charge in [0.05, 0.1) is 12.1 Å². The minimum absolute atomic E-state index is 0.136. The molecule has 0 saturated carbocycles. The summed E-state index contributed by atoms with van der Waals surface area (Å²) in [4.78, 5) is 15.1. The van der Waals surface area contributed by atoms with Gasteiger partial charge >= 0.3 is 5.97 Å². The van der Waals surface area contributed by atoms with E-state index in [0.717, 1.165) is 11.3 Å². The first-order valence-corrected chi connectivity index (χ1v) is 8.34. The third-order valence-corrected chi connectivity index (χ3v) is 4.16. The Balaban J connectivity index is 1.86. The molecular weight excluding hydrogens is 370 g/mol. The molecule has 2 N–H and O–H groups in total. The highest BCUT2D eigenvalue weighted by atomic mass is 35.5. The summed E-state index contributed by atoms with van der Waals surface area (Å²) in [6, 6.07) is 14.8. The van der Waals surface area contributed by atoms with E-state index in [1.54, 1.807) is 25.3 Å². The molecule has 0 unspecified atom stereocenters. The molecule has 3 aromatic rings. The molecule has 0 aliphatic heterocycles. The lowest BCUT2D eigenvalue weighted by Crippen LogP contribution is -2.01. The lowest BCUT2D eigenvalue weighted by Gasteiger charge is -2.11. The number of aromatic carboxylic acids is 1. The van der Waals surface area contributed by atoms with Crippen LogP contribution in [0.4, 0.5) is 0 Å². The van der Waals surface area contributed by atoms with Gasteiger partial charge in [0.25, 0.3) is 0 Å². The van der Waals surface area contributed by atoms with E-state index in [4.69, 9.17) is 26.2 Å². The number of rotatable bonds is 6. The largest absolute Gasteiger partial charge is 0.506 e. The summed E-state index contributed by atoms with van der Waals surface area (Å²) < 4.78 is 10.9. The lowest BCUT2D eigenvalue weighted by molar-refractivity contribution is 0.0690. The van der Waals surface area contributed by atoms with Crippen molar-refractivity contribution in [1.82, 2.24) is 4.98 Å². The second kappa shape index (κ2) is 7.97. The van der Waals surface area contributed by atoms with Crippen LogP contribution in [0, 0.1) is 0 Å². The number of carboxylic acid groups (broad SMARTS) is 1. The molecule has 1 aromatic heterocycles. The first kappa shape index (κ1) is 18.5. The van der Waals surface area contributed by atoms with Gasteiger partial charge in [-0.25, -0.2) is 9.78 Å². The minimum Gasteiger partial charge on any atom is -0.506 e. The molecule has 7 heteroatoms. The van der Waals surface area contributed by atoms with Crippen molar-refractivity contribution in [3.8, 4) is 28.5 Å². The van der Waals surface area contributed by atoms with Crippen molar-refractivity contribution >= 4 is 17.6 Å². The Morgan fingerprint density at radius 1 is 1.11 bits per heavy atom. The van der Waals surface area contributed by atoms with Gasteiger partial charge in [0.2, 0.25) is 0 Å². The number of halogens is 1. The molecule has 6 nitrogen and oxygen atoms in total. The van der Waals surface area contributed by atoms with Gasteiger partial charge in [-0.3, -0.25) is 0 Å². The number of hydrogen-bond acceptors (Lipinski definition) is 5. The fraction of sp³-hybridized carbons (Fsp3) is 0.100. The molecular formula is C20H16ClNO5. The molecule has 1 heterocycles. The number of aromatic hydroxyl groups is 1. The number of pyridine rings is 1. The normalized spacial score (nSPS) is 10.4. The molecule has 0 atom stereocenters. The standard InChI is InChI=1S/C20H16ClNO5/c1-26-14-5-2-12(3-6-14)11-27-18-10-13(4-7-15(18)21)19-17(23)9-8-16(22-19)20(24)25/h2-10,23H,11H2,1H3,(H,24,25). The van der Waals surface area contributed by atoms with E-state index in [1.807, 2.05) is 24.3 Å². The zero-order valence-electron chi connectivity index (χ0n) is 14.3. The third-order valence-electron chi connectivity index (χ3n) is 3.85. The molecule has 0 aliphatic rings. The van der Waals surface area contributed by atoms with Crippen molar-refractivity contribution in [1.29, 1.82) is 0 Å². The molecule has 0 amide bonds. The van der Waals surface area contributed by atoms with Gasteiger partial charge in [0.1, 0.15) is 35.2 Å². The molecule has 3 rings (SSSR count). The number of carbonyl (C=O) groups is 1. The monoisotopic (exact) mass is 385 g/mol. The van der Waals surface area contributed by atoms with Gasteiger partial charge in [-0.2, -0.15) is 0 Å². The average Bonchev–Trinajstić information content (AvgIpc) is 2.68. The molecule has 0 saturated heterocycles. The maximum atomic E-state index is 11.1. The number of aromatic nitrogens is 1. The SMILES string of the molecule is COc1ccc(COc2cc(-c3nc(C(=O)O)ccc3O)ccc2Cl)cc1. The van der Waals surface area contributed by atoms with Gasteiger partial charge in [0.15, 0.2) is 0 Å². The second-order valence-electron chi connectivity index (χ2n) is 5.65. The van der Waals surface area contributed by atoms with Crippen molar-refractivity contribution in [2.45, 2.75) is 6.61 Å². The van der Waals surface area contributed by atoms with Crippen LogP contribution in [0.5, 0.6) is 17.2 Å². The van der Waals surface area contributed by atoms with Crippen LogP contribution in [0.15, 0.2) is 54.6 Å². The Hall–Kier alpha value is -3.25. The van der Waals surface area contributed by atoms with E-state index in [2.05, 4.69) is 4.98 Å². The second-order valence-corrected chi connectivity index (χ2v) is 6.06. The van der Waals surface area contributed by atoms with Crippen LogP contribution < -0.4 is 9.47 Å². The van der Waals surface area contributed by atoms with E-state index < -0.39 is 5.97 Å². The van der Waals surface area contributed by atoms with Crippen molar-refractivity contribution in [2.75, 3.05) is 7.11 Å². The number of carboxylic acids is 1. The van der Waals surface area contributed by atoms with Gasteiger partial charge in [-0.1, -0.05) is 29.8 Å². The Labute approximate surface area is 160 Å². The van der Waals surface area contributed by atoms with Crippen LogP contribution in [-0.2, 0) is 6.61 Å².